The molecule has 1 amide bonds. The van der Waals surface area contributed by atoms with Gasteiger partial charge in [0.15, 0.2) is 6.61 Å². The van der Waals surface area contributed by atoms with Crippen molar-refractivity contribution in [2.75, 3.05) is 6.61 Å². The van der Waals surface area contributed by atoms with Crippen molar-refractivity contribution < 1.29 is 14.3 Å². The molecule has 1 aromatic carbocycles. The number of rotatable bonds is 5. The van der Waals surface area contributed by atoms with Crippen molar-refractivity contribution in [3.63, 3.8) is 0 Å². The predicted molar refractivity (Wildman–Crippen MR) is 78.6 cm³/mol. The average molecular weight is 277 g/mol. The minimum absolute atomic E-state index is 0.0578. The highest BCUT2D eigenvalue weighted by Gasteiger charge is 2.14. The average Bonchev–Trinajstić information content (AvgIpc) is 2.34. The van der Waals surface area contributed by atoms with Gasteiger partial charge in [-0.3, -0.25) is 4.79 Å². The molecule has 0 fully saturated rings. The first-order valence-corrected chi connectivity index (χ1v) is 6.84. The van der Waals surface area contributed by atoms with Gasteiger partial charge in [-0.1, -0.05) is 31.0 Å². The first kappa shape index (κ1) is 16.2. The molecule has 0 aliphatic rings. The zero-order valence-corrected chi connectivity index (χ0v) is 12.8. The van der Waals surface area contributed by atoms with Crippen LogP contribution in [0.2, 0.25) is 0 Å². The summed E-state index contributed by atoms with van der Waals surface area (Å²) in [6, 6.07) is 5.55. The highest BCUT2D eigenvalue weighted by Crippen LogP contribution is 2.10. The van der Waals surface area contributed by atoms with Crippen molar-refractivity contribution in [2.24, 2.45) is 5.92 Å². The Kier molecular flexibility index (Phi) is 5.74. The topological polar surface area (TPSA) is 55.4 Å². The molecule has 20 heavy (non-hydrogen) atoms. The number of carbonyl (C=O) groups excluding carboxylic acids is 2. The van der Waals surface area contributed by atoms with Gasteiger partial charge in [0.25, 0.3) is 5.91 Å². The van der Waals surface area contributed by atoms with E-state index in [9.17, 15) is 9.59 Å². The molecule has 0 bridgehead atoms. The summed E-state index contributed by atoms with van der Waals surface area (Å²) in [6.45, 7) is 9.55. The lowest BCUT2D eigenvalue weighted by Crippen LogP contribution is -2.38. The van der Waals surface area contributed by atoms with Gasteiger partial charge in [0.2, 0.25) is 0 Å². The molecule has 1 N–H and O–H groups in total. The number of hydrogen-bond acceptors (Lipinski definition) is 3. The first-order chi connectivity index (χ1) is 9.29. The summed E-state index contributed by atoms with van der Waals surface area (Å²) in [5.74, 6) is -0.401. The number of benzene rings is 1. The van der Waals surface area contributed by atoms with E-state index < -0.39 is 5.97 Å². The minimum Gasteiger partial charge on any atom is -0.452 e. The van der Waals surface area contributed by atoms with Crippen molar-refractivity contribution in [1.29, 1.82) is 0 Å². The van der Waals surface area contributed by atoms with Gasteiger partial charge >= 0.3 is 5.97 Å². The van der Waals surface area contributed by atoms with E-state index >= 15 is 0 Å². The molecule has 4 nitrogen and oxygen atoms in total. The fraction of sp³-hybridized carbons (Fsp3) is 0.500. The Bertz CT molecular complexity index is 474. The predicted octanol–water partition coefficient (Wildman–Crippen LogP) is 2.62. The normalized spacial score (nSPS) is 12.1. The summed E-state index contributed by atoms with van der Waals surface area (Å²) in [5, 5.41) is 2.79. The van der Waals surface area contributed by atoms with Crippen LogP contribution in [0.4, 0.5) is 0 Å². The van der Waals surface area contributed by atoms with Crippen LogP contribution in [0.1, 0.15) is 42.3 Å². The van der Waals surface area contributed by atoms with Gasteiger partial charge < -0.3 is 10.1 Å². The molecule has 1 rings (SSSR count). The lowest BCUT2D eigenvalue weighted by molar-refractivity contribution is -0.125. The molecule has 0 saturated carbocycles. The zero-order valence-electron chi connectivity index (χ0n) is 12.8. The second-order valence-electron chi connectivity index (χ2n) is 5.55. The third kappa shape index (κ3) is 5.03. The van der Waals surface area contributed by atoms with E-state index in [4.69, 9.17) is 4.74 Å². The maximum atomic E-state index is 11.9. The van der Waals surface area contributed by atoms with Crippen LogP contribution in [0.3, 0.4) is 0 Å². The molecule has 0 aliphatic carbocycles. The van der Waals surface area contributed by atoms with E-state index in [0.29, 0.717) is 11.5 Å². The van der Waals surface area contributed by atoms with Gasteiger partial charge in [-0.05, 0) is 38.8 Å². The molecule has 1 aromatic rings. The Balaban J connectivity index is 2.53. The Morgan fingerprint density at radius 3 is 2.15 bits per heavy atom. The maximum absolute atomic E-state index is 11.9. The Morgan fingerprint density at radius 2 is 1.65 bits per heavy atom. The number of hydrogen-bond donors (Lipinski definition) is 1. The van der Waals surface area contributed by atoms with E-state index in [1.807, 2.05) is 40.7 Å². The second-order valence-corrected chi connectivity index (χ2v) is 5.55. The minimum atomic E-state index is -0.468. The summed E-state index contributed by atoms with van der Waals surface area (Å²) in [7, 11) is 0. The van der Waals surface area contributed by atoms with Crippen LogP contribution < -0.4 is 5.32 Å². The fourth-order valence-electron chi connectivity index (χ4n) is 1.77. The number of aryl methyl sites for hydroxylation is 2. The highest BCUT2D eigenvalue weighted by molar-refractivity contribution is 5.91. The van der Waals surface area contributed by atoms with Crippen molar-refractivity contribution in [1.82, 2.24) is 5.32 Å². The van der Waals surface area contributed by atoms with Crippen LogP contribution in [0.5, 0.6) is 0 Å². The summed E-state index contributed by atoms with van der Waals surface area (Å²) in [6.07, 6.45) is 0. The van der Waals surface area contributed by atoms with Gasteiger partial charge in [0.05, 0.1) is 5.56 Å². The van der Waals surface area contributed by atoms with E-state index in [-0.39, 0.29) is 18.6 Å². The van der Waals surface area contributed by atoms with Gasteiger partial charge in [-0.25, -0.2) is 4.79 Å². The Labute approximate surface area is 120 Å². The molecular formula is C16H23NO3. The van der Waals surface area contributed by atoms with Crippen molar-refractivity contribution in [2.45, 2.75) is 40.7 Å². The highest BCUT2D eigenvalue weighted by atomic mass is 16.5. The van der Waals surface area contributed by atoms with Crippen LogP contribution in [0, 0.1) is 19.8 Å². The van der Waals surface area contributed by atoms with E-state index in [2.05, 4.69) is 5.32 Å². The van der Waals surface area contributed by atoms with Gasteiger partial charge in [0, 0.05) is 6.04 Å². The largest absolute Gasteiger partial charge is 0.452 e. The molecule has 110 valence electrons. The van der Waals surface area contributed by atoms with Crippen LogP contribution in [-0.4, -0.2) is 24.5 Å². The molecule has 0 heterocycles. The van der Waals surface area contributed by atoms with Crippen molar-refractivity contribution in [3.05, 3.63) is 34.9 Å². The molecule has 4 heteroatoms. The van der Waals surface area contributed by atoms with E-state index in [1.165, 1.54) is 0 Å². The van der Waals surface area contributed by atoms with E-state index in [0.717, 1.165) is 11.1 Å². The van der Waals surface area contributed by atoms with Crippen LogP contribution in [0.25, 0.3) is 0 Å². The number of esters is 1. The lowest BCUT2D eigenvalue weighted by atomic mass is 10.1. The molecule has 0 aliphatic heterocycles. The lowest BCUT2D eigenvalue weighted by Gasteiger charge is -2.17. The molecule has 0 unspecified atom stereocenters. The van der Waals surface area contributed by atoms with Crippen molar-refractivity contribution in [3.8, 4) is 0 Å². The van der Waals surface area contributed by atoms with Gasteiger partial charge in [-0.15, -0.1) is 0 Å². The maximum Gasteiger partial charge on any atom is 0.338 e. The molecule has 0 saturated heterocycles. The first-order valence-electron chi connectivity index (χ1n) is 6.84. The Hall–Kier alpha value is -1.84. The van der Waals surface area contributed by atoms with Crippen molar-refractivity contribution >= 4 is 11.9 Å². The van der Waals surface area contributed by atoms with E-state index in [1.54, 1.807) is 12.1 Å². The van der Waals surface area contributed by atoms with Crippen LogP contribution >= 0.6 is 0 Å². The third-order valence-electron chi connectivity index (χ3n) is 3.18. The van der Waals surface area contributed by atoms with Crippen LogP contribution in [0.15, 0.2) is 18.2 Å². The third-order valence-corrected chi connectivity index (χ3v) is 3.18. The molecule has 1 atom stereocenters. The molecular weight excluding hydrogens is 254 g/mol. The Morgan fingerprint density at radius 1 is 1.10 bits per heavy atom. The number of nitrogens with one attached hydrogen (secondary N) is 1. The number of carbonyl (C=O) groups is 2. The fourth-order valence-corrected chi connectivity index (χ4v) is 1.77. The summed E-state index contributed by atoms with van der Waals surface area (Å²) in [4.78, 5) is 23.5. The SMILES string of the molecule is Cc1cc(C)cc(C(=O)OCC(=O)N[C@H](C)C(C)C)c1. The summed E-state index contributed by atoms with van der Waals surface area (Å²) >= 11 is 0. The molecule has 0 spiro atoms. The standard InChI is InChI=1S/C16H23NO3/c1-10(2)13(5)17-15(18)9-20-16(19)14-7-11(3)6-12(4)8-14/h6-8,10,13H,9H2,1-5H3,(H,17,18)/t13-/m1/s1. The van der Waals surface area contributed by atoms with Crippen LogP contribution in [-0.2, 0) is 9.53 Å². The monoisotopic (exact) mass is 277 g/mol. The molecule has 0 radical (unpaired) electrons. The van der Waals surface area contributed by atoms with Gasteiger partial charge in [-0.2, -0.15) is 0 Å². The van der Waals surface area contributed by atoms with Gasteiger partial charge in [0.1, 0.15) is 0 Å². The zero-order chi connectivity index (χ0) is 15.3. The number of amides is 1. The quantitative estimate of drug-likeness (QED) is 0.842. The second kappa shape index (κ2) is 7.08. The summed E-state index contributed by atoms with van der Waals surface area (Å²) < 4.78 is 5.03. The number of ether oxygens (including phenoxy) is 1. The molecule has 0 aromatic heterocycles. The summed E-state index contributed by atoms with van der Waals surface area (Å²) in [5.41, 5.74) is 2.47. The smallest absolute Gasteiger partial charge is 0.338 e.